The lowest BCUT2D eigenvalue weighted by molar-refractivity contribution is -0.125. The van der Waals surface area contributed by atoms with Crippen molar-refractivity contribution >= 4 is 40.4 Å². The quantitative estimate of drug-likeness (QED) is 0.321. The van der Waals surface area contributed by atoms with E-state index in [2.05, 4.69) is 5.32 Å². The topological polar surface area (TPSA) is 77.1 Å². The molecule has 1 aliphatic carbocycles. The van der Waals surface area contributed by atoms with Crippen molar-refractivity contribution in [3.8, 4) is 29.6 Å². The number of hydrogen-bond acceptors (Lipinski definition) is 6. The van der Waals surface area contributed by atoms with Crippen LogP contribution in [-0.2, 0) is 16.1 Å². The molecule has 0 radical (unpaired) electrons. The third-order valence-corrected chi connectivity index (χ3v) is 7.26. The van der Waals surface area contributed by atoms with Gasteiger partial charge in [0.2, 0.25) is 5.91 Å². The molecule has 4 rings (SSSR count). The number of amides is 2. The van der Waals surface area contributed by atoms with Crippen LogP contribution in [0.3, 0.4) is 0 Å². The summed E-state index contributed by atoms with van der Waals surface area (Å²) in [6, 6.07) is 9.69. The average molecular weight is 557 g/mol. The van der Waals surface area contributed by atoms with Crippen molar-refractivity contribution in [1.29, 1.82) is 0 Å². The second kappa shape index (κ2) is 12.2. The molecular formula is C28H26ClFN2O5S. The Kier molecular flexibility index (Phi) is 8.77. The largest absolute Gasteiger partial charge is 0.497 e. The zero-order valence-electron chi connectivity index (χ0n) is 20.8. The van der Waals surface area contributed by atoms with Crippen molar-refractivity contribution in [2.24, 2.45) is 5.92 Å². The van der Waals surface area contributed by atoms with Crippen molar-refractivity contribution in [2.75, 3.05) is 25.7 Å². The highest BCUT2D eigenvalue weighted by molar-refractivity contribution is 7.10. The Morgan fingerprint density at radius 2 is 2.00 bits per heavy atom. The number of carbonyl (C=O) groups excluding carboxylic acids is 2. The summed E-state index contributed by atoms with van der Waals surface area (Å²) < 4.78 is 31.7. The Morgan fingerprint density at radius 3 is 2.63 bits per heavy atom. The van der Waals surface area contributed by atoms with E-state index >= 15 is 4.39 Å². The summed E-state index contributed by atoms with van der Waals surface area (Å²) in [6.45, 7) is 0.504. The van der Waals surface area contributed by atoms with Gasteiger partial charge in [0.05, 0.1) is 31.5 Å². The molecule has 7 nitrogen and oxygen atoms in total. The molecule has 0 saturated heterocycles. The van der Waals surface area contributed by atoms with E-state index in [-0.39, 0.29) is 23.0 Å². The fourth-order valence-corrected chi connectivity index (χ4v) is 4.86. The van der Waals surface area contributed by atoms with E-state index in [0.717, 1.165) is 23.8 Å². The number of terminal acetylenes is 1. The van der Waals surface area contributed by atoms with Crippen LogP contribution < -0.4 is 24.4 Å². The molecule has 1 unspecified atom stereocenters. The minimum absolute atomic E-state index is 0.0726. The molecule has 3 aromatic rings. The minimum atomic E-state index is -1.26. The summed E-state index contributed by atoms with van der Waals surface area (Å²) in [5.41, 5.74) is 0.445. The van der Waals surface area contributed by atoms with Crippen molar-refractivity contribution in [1.82, 2.24) is 5.32 Å². The van der Waals surface area contributed by atoms with Gasteiger partial charge in [-0.3, -0.25) is 14.5 Å². The molecule has 1 N–H and O–H groups in total. The van der Waals surface area contributed by atoms with E-state index in [9.17, 15) is 9.59 Å². The van der Waals surface area contributed by atoms with Gasteiger partial charge in [-0.15, -0.1) is 17.8 Å². The fraction of sp³-hybridized carbons (Fsp3) is 0.286. The van der Waals surface area contributed by atoms with Crippen LogP contribution in [0.25, 0.3) is 0 Å². The first-order chi connectivity index (χ1) is 18.4. The van der Waals surface area contributed by atoms with Crippen LogP contribution in [0.1, 0.15) is 29.3 Å². The van der Waals surface area contributed by atoms with Crippen LogP contribution in [0.2, 0.25) is 5.02 Å². The smallest absolute Gasteiger partial charge is 0.303 e. The molecule has 38 heavy (non-hydrogen) atoms. The van der Waals surface area contributed by atoms with Crippen molar-refractivity contribution < 1.29 is 28.2 Å². The number of hydrogen-bond donors (Lipinski definition) is 1. The summed E-state index contributed by atoms with van der Waals surface area (Å²) >= 11 is 7.63. The Hall–Kier alpha value is -3.74. The maximum Gasteiger partial charge on any atom is 0.303 e. The zero-order chi connectivity index (χ0) is 27.2. The molecule has 1 saturated carbocycles. The van der Waals surface area contributed by atoms with Gasteiger partial charge in [-0.2, -0.15) is 0 Å². The maximum absolute atomic E-state index is 15.4. The normalized spacial score (nSPS) is 13.2. The van der Waals surface area contributed by atoms with Gasteiger partial charge in [-0.05, 0) is 54.3 Å². The first-order valence-electron chi connectivity index (χ1n) is 11.8. The second-order valence-corrected chi connectivity index (χ2v) is 10.0. The van der Waals surface area contributed by atoms with Gasteiger partial charge in [-0.25, -0.2) is 4.39 Å². The molecule has 0 aliphatic heterocycles. The van der Waals surface area contributed by atoms with Gasteiger partial charge in [0.15, 0.2) is 11.9 Å². The van der Waals surface area contributed by atoms with Gasteiger partial charge in [0, 0.05) is 29.1 Å². The number of thiophene rings is 1. The lowest BCUT2D eigenvalue weighted by atomic mass is 10.1. The summed E-state index contributed by atoms with van der Waals surface area (Å²) in [5, 5.41) is 4.67. The van der Waals surface area contributed by atoms with Gasteiger partial charge in [0.1, 0.15) is 17.2 Å². The number of anilines is 1. The molecule has 1 aliphatic rings. The highest BCUT2D eigenvalue weighted by Gasteiger charge is 2.35. The summed E-state index contributed by atoms with van der Waals surface area (Å²) in [7, 11) is 3.04. The number of ether oxygens (including phenoxy) is 3. The Labute approximate surface area is 229 Å². The summed E-state index contributed by atoms with van der Waals surface area (Å²) in [6.07, 6.45) is 7.58. The summed E-state index contributed by atoms with van der Waals surface area (Å²) in [4.78, 5) is 28.0. The fourth-order valence-electron chi connectivity index (χ4n) is 3.84. The van der Waals surface area contributed by atoms with Crippen LogP contribution in [0, 0.1) is 24.1 Å². The number of rotatable bonds is 11. The average Bonchev–Trinajstić information content (AvgIpc) is 3.61. The first-order valence-corrected chi connectivity index (χ1v) is 13.1. The van der Waals surface area contributed by atoms with Gasteiger partial charge in [-0.1, -0.05) is 17.7 Å². The summed E-state index contributed by atoms with van der Waals surface area (Å²) in [5.74, 6) is 1.44. The van der Waals surface area contributed by atoms with Crippen LogP contribution in [-0.4, -0.2) is 32.6 Å². The van der Waals surface area contributed by atoms with Crippen molar-refractivity contribution in [2.45, 2.75) is 25.4 Å². The Bertz CT molecular complexity index is 1350. The van der Waals surface area contributed by atoms with Crippen LogP contribution >= 0.6 is 22.9 Å². The standard InChI is InChI=1S/C28H26ClFN2O5S/c1-4-26(33)32(22-13-20(29)24(14-21(22)30)37-16-17-7-8-17)27(25-6-5-11-38-25)28(34)31-15-18-9-10-19(35-2)12-23(18)36-3/h1,5-6,9-14,17,27H,7-8,15-16H2,2-3H3,(H,31,34). The molecule has 1 heterocycles. The third kappa shape index (κ3) is 6.21. The molecular weight excluding hydrogens is 531 g/mol. The van der Waals surface area contributed by atoms with E-state index in [1.54, 1.807) is 35.7 Å². The lowest BCUT2D eigenvalue weighted by Gasteiger charge is -2.29. The van der Waals surface area contributed by atoms with E-state index in [0.29, 0.717) is 34.5 Å². The predicted molar refractivity (Wildman–Crippen MR) is 144 cm³/mol. The monoisotopic (exact) mass is 556 g/mol. The molecule has 2 aromatic carbocycles. The van der Waals surface area contributed by atoms with E-state index in [1.807, 2.05) is 5.92 Å². The number of nitrogens with one attached hydrogen (secondary N) is 1. The van der Waals surface area contributed by atoms with E-state index in [4.69, 9.17) is 32.2 Å². The molecule has 1 fully saturated rings. The number of methoxy groups -OCH3 is 2. The van der Waals surface area contributed by atoms with Gasteiger partial charge >= 0.3 is 5.91 Å². The molecule has 1 aromatic heterocycles. The SMILES string of the molecule is C#CC(=O)N(c1cc(Cl)c(OCC2CC2)cc1F)C(C(=O)NCc1ccc(OC)cc1OC)c1cccs1. The maximum atomic E-state index is 15.4. The van der Waals surface area contributed by atoms with Crippen LogP contribution in [0.5, 0.6) is 17.2 Å². The van der Waals surface area contributed by atoms with E-state index < -0.39 is 23.7 Å². The zero-order valence-corrected chi connectivity index (χ0v) is 22.4. The first kappa shape index (κ1) is 27.3. The van der Waals surface area contributed by atoms with Gasteiger partial charge < -0.3 is 19.5 Å². The molecule has 0 bridgehead atoms. The van der Waals surface area contributed by atoms with Gasteiger partial charge in [0.25, 0.3) is 0 Å². The number of nitrogens with zero attached hydrogens (tertiary/aromatic N) is 1. The highest BCUT2D eigenvalue weighted by Crippen LogP contribution is 2.38. The van der Waals surface area contributed by atoms with Crippen molar-refractivity contribution in [3.05, 3.63) is 69.1 Å². The van der Waals surface area contributed by atoms with E-state index in [1.165, 1.54) is 31.6 Å². The number of halogens is 2. The Balaban J connectivity index is 1.66. The van der Waals surface area contributed by atoms with Crippen LogP contribution in [0.4, 0.5) is 10.1 Å². The second-order valence-electron chi connectivity index (χ2n) is 8.62. The molecule has 10 heteroatoms. The predicted octanol–water partition coefficient (Wildman–Crippen LogP) is 5.37. The lowest BCUT2D eigenvalue weighted by Crippen LogP contribution is -2.43. The van der Waals surface area contributed by atoms with Crippen molar-refractivity contribution in [3.63, 3.8) is 0 Å². The molecule has 1 atom stereocenters. The minimum Gasteiger partial charge on any atom is -0.497 e. The number of benzene rings is 2. The molecule has 198 valence electrons. The van der Waals surface area contributed by atoms with Crippen LogP contribution in [0.15, 0.2) is 47.8 Å². The highest BCUT2D eigenvalue weighted by atomic mass is 35.5. The molecule has 2 amide bonds. The Morgan fingerprint density at radius 1 is 1.21 bits per heavy atom. The molecule has 0 spiro atoms. The third-order valence-electron chi connectivity index (χ3n) is 6.04. The number of carbonyl (C=O) groups is 2.